The predicted molar refractivity (Wildman–Crippen MR) is 69.8 cm³/mol. The molecule has 1 aliphatic heterocycles. The molecule has 21 heavy (non-hydrogen) atoms. The minimum Gasteiger partial charge on any atom is -0.463 e. The van der Waals surface area contributed by atoms with Crippen molar-refractivity contribution in [1.82, 2.24) is 5.32 Å². The fourth-order valence-corrected chi connectivity index (χ4v) is 2.24. The van der Waals surface area contributed by atoms with Gasteiger partial charge in [-0.1, -0.05) is 6.92 Å². The summed E-state index contributed by atoms with van der Waals surface area (Å²) in [4.78, 5) is 33.3. The second-order valence-corrected chi connectivity index (χ2v) is 5.03. The van der Waals surface area contributed by atoms with Crippen LogP contribution in [0.15, 0.2) is 0 Å². The molecule has 2 N–H and O–H groups in total. The topological polar surface area (TPSA) is 111 Å². The maximum absolute atomic E-state index is 11.2. The van der Waals surface area contributed by atoms with Crippen molar-refractivity contribution >= 4 is 17.8 Å². The molecule has 0 aliphatic carbocycles. The smallest absolute Gasteiger partial charge is 0.302 e. The van der Waals surface area contributed by atoms with Gasteiger partial charge >= 0.3 is 11.9 Å². The lowest BCUT2D eigenvalue weighted by Crippen LogP contribution is -2.62. The molecule has 0 radical (unpaired) electrons. The van der Waals surface area contributed by atoms with Crippen LogP contribution in [0.2, 0.25) is 0 Å². The zero-order chi connectivity index (χ0) is 16.2. The quantitative estimate of drug-likeness (QED) is 0.663. The summed E-state index contributed by atoms with van der Waals surface area (Å²) in [7, 11) is 0. The molecule has 0 aromatic rings. The molecular weight excluding hydrogens is 282 g/mol. The van der Waals surface area contributed by atoms with Crippen molar-refractivity contribution in [3.8, 4) is 0 Å². The van der Waals surface area contributed by atoms with E-state index in [0.29, 0.717) is 0 Å². The number of carbonyl (C=O) groups excluding carboxylic acids is 3. The van der Waals surface area contributed by atoms with Gasteiger partial charge in [-0.2, -0.15) is 0 Å². The van der Waals surface area contributed by atoms with Crippen molar-refractivity contribution in [1.29, 1.82) is 0 Å². The zero-order valence-electron chi connectivity index (χ0n) is 12.5. The van der Waals surface area contributed by atoms with Crippen LogP contribution in [0, 0.1) is 5.92 Å². The van der Waals surface area contributed by atoms with Crippen LogP contribution in [0.25, 0.3) is 0 Å². The maximum atomic E-state index is 11.2. The van der Waals surface area contributed by atoms with Gasteiger partial charge < -0.3 is 24.6 Å². The summed E-state index contributed by atoms with van der Waals surface area (Å²) in [5.41, 5.74) is 0. The van der Waals surface area contributed by atoms with Crippen molar-refractivity contribution in [3.05, 3.63) is 0 Å². The number of aliphatic hydroxyl groups is 1. The second-order valence-electron chi connectivity index (χ2n) is 5.03. The summed E-state index contributed by atoms with van der Waals surface area (Å²) in [6.07, 6.45) is -2.79. The summed E-state index contributed by atoms with van der Waals surface area (Å²) >= 11 is 0. The average molecular weight is 303 g/mol. The zero-order valence-corrected chi connectivity index (χ0v) is 12.5. The summed E-state index contributed by atoms with van der Waals surface area (Å²) in [5, 5.41) is 12.5. The van der Waals surface area contributed by atoms with Gasteiger partial charge in [-0.3, -0.25) is 14.4 Å². The molecule has 0 spiro atoms. The molecule has 1 rings (SSSR count). The highest BCUT2D eigenvalue weighted by Gasteiger charge is 2.46. The number of nitrogens with one attached hydrogen (secondary N) is 1. The van der Waals surface area contributed by atoms with E-state index in [0.717, 1.165) is 0 Å². The Hall–Kier alpha value is -1.67. The molecule has 0 aromatic carbocycles. The molecule has 8 heteroatoms. The highest BCUT2D eigenvalue weighted by Crippen LogP contribution is 2.28. The van der Waals surface area contributed by atoms with Crippen LogP contribution in [0.5, 0.6) is 0 Å². The molecule has 0 bridgehead atoms. The standard InChI is InChI=1S/C13H21NO7/c1-6-10(5-19-8(3)16)21-13(18)11(14-7(2)15)12(6)20-9(4)17/h6,10-13,18H,5H2,1-4H3,(H,14,15)/t6-,10+,11+,12-,13+/m0/s1. The molecule has 1 fully saturated rings. The Morgan fingerprint density at radius 3 is 2.29 bits per heavy atom. The first-order valence-electron chi connectivity index (χ1n) is 6.63. The number of ether oxygens (including phenoxy) is 3. The third kappa shape index (κ3) is 4.98. The highest BCUT2D eigenvalue weighted by molar-refractivity contribution is 5.73. The fraction of sp³-hybridized carbons (Fsp3) is 0.769. The van der Waals surface area contributed by atoms with Gasteiger partial charge in [0.1, 0.15) is 24.9 Å². The Labute approximate surface area is 122 Å². The largest absolute Gasteiger partial charge is 0.463 e. The Kier molecular flexibility index (Phi) is 6.10. The Balaban J connectivity index is 2.87. The molecule has 1 saturated heterocycles. The van der Waals surface area contributed by atoms with E-state index in [-0.39, 0.29) is 18.4 Å². The lowest BCUT2D eigenvalue weighted by atomic mass is 9.89. The molecule has 8 nitrogen and oxygen atoms in total. The van der Waals surface area contributed by atoms with Crippen LogP contribution in [0.4, 0.5) is 0 Å². The fourth-order valence-electron chi connectivity index (χ4n) is 2.24. The van der Waals surface area contributed by atoms with E-state index in [1.807, 2.05) is 0 Å². The molecule has 1 heterocycles. The number of carbonyl (C=O) groups is 3. The van der Waals surface area contributed by atoms with Crippen LogP contribution in [-0.2, 0) is 28.6 Å². The summed E-state index contributed by atoms with van der Waals surface area (Å²) < 4.78 is 15.4. The van der Waals surface area contributed by atoms with Gasteiger partial charge in [0, 0.05) is 26.7 Å². The Morgan fingerprint density at radius 1 is 1.19 bits per heavy atom. The van der Waals surface area contributed by atoms with E-state index in [2.05, 4.69) is 5.32 Å². The van der Waals surface area contributed by atoms with Crippen LogP contribution in [0.3, 0.4) is 0 Å². The molecular formula is C13H21NO7. The Morgan fingerprint density at radius 2 is 1.81 bits per heavy atom. The predicted octanol–water partition coefficient (Wildman–Crippen LogP) is -0.661. The Bertz CT molecular complexity index is 411. The van der Waals surface area contributed by atoms with Gasteiger partial charge in [0.15, 0.2) is 6.29 Å². The van der Waals surface area contributed by atoms with Gasteiger partial charge in [0.05, 0.1) is 0 Å². The molecule has 0 saturated carbocycles. The van der Waals surface area contributed by atoms with E-state index in [1.54, 1.807) is 6.92 Å². The SMILES string of the molecule is CC(=O)N[C@@H]1[C@@H](OC(C)=O)[C@@H](C)[C@@H](COC(C)=O)O[C@H]1O. The number of hydrogen-bond donors (Lipinski definition) is 2. The van der Waals surface area contributed by atoms with Crippen molar-refractivity contribution in [2.45, 2.75) is 52.2 Å². The van der Waals surface area contributed by atoms with E-state index in [1.165, 1.54) is 20.8 Å². The highest BCUT2D eigenvalue weighted by atomic mass is 16.6. The van der Waals surface area contributed by atoms with Crippen LogP contribution in [0.1, 0.15) is 27.7 Å². The van der Waals surface area contributed by atoms with Crippen molar-refractivity contribution in [2.24, 2.45) is 5.92 Å². The molecule has 0 unspecified atom stereocenters. The summed E-state index contributed by atoms with van der Waals surface area (Å²) in [6, 6.07) is -0.880. The first-order valence-corrected chi connectivity index (χ1v) is 6.63. The van der Waals surface area contributed by atoms with Gasteiger partial charge in [0.25, 0.3) is 0 Å². The normalized spacial score (nSPS) is 32.1. The first-order chi connectivity index (χ1) is 9.72. The van der Waals surface area contributed by atoms with Crippen molar-refractivity contribution in [3.63, 3.8) is 0 Å². The third-order valence-corrected chi connectivity index (χ3v) is 3.20. The summed E-state index contributed by atoms with van der Waals surface area (Å²) in [6.45, 7) is 5.43. The van der Waals surface area contributed by atoms with E-state index in [9.17, 15) is 19.5 Å². The van der Waals surface area contributed by atoms with Gasteiger partial charge in [-0.15, -0.1) is 0 Å². The summed E-state index contributed by atoms with van der Waals surface area (Å²) in [5.74, 6) is -1.78. The number of aliphatic hydroxyl groups excluding tert-OH is 1. The van der Waals surface area contributed by atoms with Gasteiger partial charge in [0.2, 0.25) is 5.91 Å². The van der Waals surface area contributed by atoms with Gasteiger partial charge in [-0.05, 0) is 0 Å². The van der Waals surface area contributed by atoms with E-state index >= 15 is 0 Å². The molecule has 120 valence electrons. The molecule has 1 aliphatic rings. The van der Waals surface area contributed by atoms with Crippen molar-refractivity contribution < 1.29 is 33.7 Å². The lowest BCUT2D eigenvalue weighted by molar-refractivity contribution is -0.243. The van der Waals surface area contributed by atoms with E-state index in [4.69, 9.17) is 14.2 Å². The number of amides is 1. The first kappa shape index (κ1) is 17.4. The molecule has 5 atom stereocenters. The molecule has 1 amide bonds. The molecule has 0 aromatic heterocycles. The number of hydrogen-bond acceptors (Lipinski definition) is 7. The monoisotopic (exact) mass is 303 g/mol. The minimum absolute atomic E-state index is 0.0713. The van der Waals surface area contributed by atoms with Crippen LogP contribution < -0.4 is 5.32 Å². The minimum atomic E-state index is -1.37. The van der Waals surface area contributed by atoms with E-state index < -0.39 is 36.5 Å². The van der Waals surface area contributed by atoms with Crippen LogP contribution >= 0.6 is 0 Å². The number of rotatable bonds is 4. The average Bonchev–Trinajstić information content (AvgIpc) is 2.35. The lowest BCUT2D eigenvalue weighted by Gasteiger charge is -2.43. The maximum Gasteiger partial charge on any atom is 0.302 e. The van der Waals surface area contributed by atoms with Crippen molar-refractivity contribution in [2.75, 3.05) is 6.61 Å². The second kappa shape index (κ2) is 7.37. The third-order valence-electron chi connectivity index (χ3n) is 3.20. The van der Waals surface area contributed by atoms with Crippen LogP contribution in [-0.4, -0.2) is 54.1 Å². The van der Waals surface area contributed by atoms with Gasteiger partial charge in [-0.25, -0.2) is 0 Å². The number of esters is 2.